The monoisotopic (exact) mass is 421 g/mol. The Morgan fingerprint density at radius 3 is 2.12 bits per heavy atom. The number of H-pyrrole nitrogens is 1. The van der Waals surface area contributed by atoms with Crippen molar-refractivity contribution in [1.29, 1.82) is 0 Å². The topological polar surface area (TPSA) is 31.1 Å². The number of para-hydroxylation sites is 1. The highest BCUT2D eigenvalue weighted by atomic mass is 15.2. The number of benzene rings is 3. The van der Waals surface area contributed by atoms with Gasteiger partial charge in [-0.25, -0.2) is 0 Å². The van der Waals surface area contributed by atoms with Gasteiger partial charge in [0.25, 0.3) is 0 Å². The molecule has 3 fully saturated rings. The van der Waals surface area contributed by atoms with Crippen molar-refractivity contribution in [3.8, 4) is 0 Å². The quantitative estimate of drug-likeness (QED) is 0.427. The first-order valence-electron chi connectivity index (χ1n) is 12.0. The van der Waals surface area contributed by atoms with E-state index in [2.05, 4.69) is 106 Å². The summed E-state index contributed by atoms with van der Waals surface area (Å²) in [7, 11) is 0. The highest BCUT2D eigenvalue weighted by Crippen LogP contribution is 2.42. The van der Waals surface area contributed by atoms with Gasteiger partial charge in [-0.2, -0.15) is 0 Å². The van der Waals surface area contributed by atoms with Gasteiger partial charge in [0.05, 0.1) is 0 Å². The van der Waals surface area contributed by atoms with Crippen molar-refractivity contribution in [2.75, 3.05) is 13.1 Å². The number of fused-ring (bicyclic) bond motifs is 4. The second-order valence-electron chi connectivity index (χ2n) is 9.43. The minimum atomic E-state index is 0.376. The highest BCUT2D eigenvalue weighted by Gasteiger charge is 2.46. The molecule has 7 rings (SSSR count). The molecule has 0 amide bonds. The third-order valence-corrected chi connectivity index (χ3v) is 7.73. The summed E-state index contributed by atoms with van der Waals surface area (Å²) in [6, 6.07) is 31.9. The van der Waals surface area contributed by atoms with E-state index in [0.717, 1.165) is 12.5 Å². The van der Waals surface area contributed by atoms with Crippen LogP contribution in [0.2, 0.25) is 0 Å². The number of nitrogens with zero attached hydrogens (tertiary/aromatic N) is 1. The molecule has 32 heavy (non-hydrogen) atoms. The molecule has 3 heteroatoms. The van der Waals surface area contributed by atoms with Gasteiger partial charge in [0.2, 0.25) is 0 Å². The van der Waals surface area contributed by atoms with Crippen LogP contribution < -0.4 is 5.32 Å². The van der Waals surface area contributed by atoms with Crippen molar-refractivity contribution in [2.45, 2.75) is 37.4 Å². The molecule has 1 aromatic heterocycles. The van der Waals surface area contributed by atoms with E-state index in [0.29, 0.717) is 18.0 Å². The molecule has 2 N–H and O–H groups in total. The zero-order chi connectivity index (χ0) is 21.3. The average molecular weight is 422 g/mol. The number of piperidine rings is 3. The molecular weight excluding hydrogens is 390 g/mol. The van der Waals surface area contributed by atoms with E-state index < -0.39 is 0 Å². The van der Waals surface area contributed by atoms with Crippen LogP contribution in [0.4, 0.5) is 0 Å². The number of nitrogens with one attached hydrogen (secondary N) is 2. The third kappa shape index (κ3) is 3.56. The molecule has 0 spiro atoms. The van der Waals surface area contributed by atoms with Gasteiger partial charge in [-0.05, 0) is 54.6 Å². The minimum absolute atomic E-state index is 0.376. The van der Waals surface area contributed by atoms with Crippen LogP contribution in [0, 0.1) is 5.92 Å². The van der Waals surface area contributed by atoms with Crippen LogP contribution in [0.3, 0.4) is 0 Å². The maximum absolute atomic E-state index is 4.06. The lowest BCUT2D eigenvalue weighted by molar-refractivity contribution is 0.00472. The van der Waals surface area contributed by atoms with Crippen molar-refractivity contribution in [3.63, 3.8) is 0 Å². The van der Waals surface area contributed by atoms with Gasteiger partial charge in [-0.1, -0.05) is 78.9 Å². The molecule has 2 atom stereocenters. The molecule has 3 saturated heterocycles. The van der Waals surface area contributed by atoms with E-state index in [1.165, 1.54) is 53.5 Å². The molecule has 0 saturated carbocycles. The first-order chi connectivity index (χ1) is 15.9. The van der Waals surface area contributed by atoms with Crippen molar-refractivity contribution in [3.05, 3.63) is 108 Å². The molecule has 0 radical (unpaired) electrons. The fraction of sp³-hybridized carbons (Fsp3) is 0.310. The molecule has 2 unspecified atom stereocenters. The molecule has 3 nitrogen and oxygen atoms in total. The highest BCUT2D eigenvalue weighted by molar-refractivity contribution is 5.82. The molecule has 4 heterocycles. The van der Waals surface area contributed by atoms with Gasteiger partial charge in [-0.3, -0.25) is 4.90 Å². The Balaban J connectivity index is 1.35. The first kappa shape index (κ1) is 19.8. The smallest absolute Gasteiger partial charge is 0.0457 e. The van der Waals surface area contributed by atoms with Crippen molar-refractivity contribution in [2.24, 2.45) is 5.92 Å². The number of hydrogen-bond donors (Lipinski definition) is 2. The molecule has 3 aliphatic rings. The third-order valence-electron chi connectivity index (χ3n) is 7.73. The van der Waals surface area contributed by atoms with Crippen LogP contribution in [0.1, 0.15) is 35.4 Å². The Bertz CT molecular complexity index is 1120. The summed E-state index contributed by atoms with van der Waals surface area (Å²) in [6.07, 6.45) is 4.79. The summed E-state index contributed by atoms with van der Waals surface area (Å²) in [5.74, 6) is 1.12. The standard InChI is InChI=1S/C29H31N3/c1-3-9-21(10-4-1)27(22-11-5-2-6-12-22)29-28(23-15-17-32(29)18-16-23)31-20-24-19-30-26-14-8-7-13-25(24)26/h1-14,19,23,27-31H,15-18,20H2. The molecule has 162 valence electrons. The van der Waals surface area contributed by atoms with Crippen LogP contribution in [0.15, 0.2) is 91.1 Å². The summed E-state index contributed by atoms with van der Waals surface area (Å²) in [6.45, 7) is 3.35. The second-order valence-corrected chi connectivity index (χ2v) is 9.43. The lowest BCUT2D eigenvalue weighted by atomic mass is 9.70. The van der Waals surface area contributed by atoms with Gasteiger partial charge >= 0.3 is 0 Å². The van der Waals surface area contributed by atoms with Gasteiger partial charge in [-0.15, -0.1) is 0 Å². The van der Waals surface area contributed by atoms with Crippen LogP contribution >= 0.6 is 0 Å². The Hall–Kier alpha value is -2.88. The Kier molecular flexibility index (Phi) is 5.30. The van der Waals surface area contributed by atoms with Crippen LogP contribution in [-0.4, -0.2) is 35.1 Å². The van der Waals surface area contributed by atoms with Crippen LogP contribution in [0.25, 0.3) is 10.9 Å². The van der Waals surface area contributed by atoms with Gasteiger partial charge in [0.1, 0.15) is 0 Å². The van der Waals surface area contributed by atoms with Crippen LogP contribution in [0.5, 0.6) is 0 Å². The van der Waals surface area contributed by atoms with Gasteiger partial charge < -0.3 is 10.3 Å². The largest absolute Gasteiger partial charge is 0.361 e. The SMILES string of the molecule is c1ccc(C(c2ccccc2)C2C(NCc3c[nH]c4ccccc34)C3CCN2CC3)cc1. The normalized spacial score (nSPS) is 24.9. The van der Waals surface area contributed by atoms with E-state index in [1.54, 1.807) is 0 Å². The maximum atomic E-state index is 4.06. The van der Waals surface area contributed by atoms with Crippen molar-refractivity contribution < 1.29 is 0 Å². The van der Waals surface area contributed by atoms with Gasteiger partial charge in [0.15, 0.2) is 0 Å². The lowest BCUT2D eigenvalue weighted by Gasteiger charge is -2.54. The zero-order valence-electron chi connectivity index (χ0n) is 18.5. The molecule has 4 aromatic rings. The average Bonchev–Trinajstić information content (AvgIpc) is 3.28. The number of aromatic amines is 1. The second kappa shape index (κ2) is 8.57. The minimum Gasteiger partial charge on any atom is -0.361 e. The van der Waals surface area contributed by atoms with Crippen molar-refractivity contribution in [1.82, 2.24) is 15.2 Å². The van der Waals surface area contributed by atoms with Gasteiger partial charge in [0, 0.05) is 41.6 Å². The fourth-order valence-electron chi connectivity index (χ4n) is 6.20. The van der Waals surface area contributed by atoms with Crippen LogP contribution in [-0.2, 0) is 6.54 Å². The summed E-state index contributed by atoms with van der Waals surface area (Å²) >= 11 is 0. The first-order valence-corrected chi connectivity index (χ1v) is 12.0. The predicted molar refractivity (Wildman–Crippen MR) is 132 cm³/mol. The summed E-state index contributed by atoms with van der Waals surface area (Å²) < 4.78 is 0. The summed E-state index contributed by atoms with van der Waals surface area (Å²) in [4.78, 5) is 6.21. The number of rotatable bonds is 6. The molecule has 3 aromatic carbocycles. The summed E-state index contributed by atoms with van der Waals surface area (Å²) in [5.41, 5.74) is 5.44. The molecule has 3 aliphatic heterocycles. The number of aromatic nitrogens is 1. The Morgan fingerprint density at radius 2 is 1.44 bits per heavy atom. The van der Waals surface area contributed by atoms with Crippen molar-refractivity contribution >= 4 is 10.9 Å². The summed E-state index contributed by atoms with van der Waals surface area (Å²) in [5, 5.41) is 5.39. The Labute approximate surface area is 190 Å². The molecule has 2 bridgehead atoms. The predicted octanol–water partition coefficient (Wildman–Crippen LogP) is 5.55. The zero-order valence-corrected chi connectivity index (χ0v) is 18.5. The molecular formula is C29H31N3. The fourth-order valence-corrected chi connectivity index (χ4v) is 6.20. The maximum Gasteiger partial charge on any atom is 0.0457 e. The van der Waals surface area contributed by atoms with E-state index in [-0.39, 0.29) is 0 Å². The van der Waals surface area contributed by atoms with E-state index >= 15 is 0 Å². The Morgan fingerprint density at radius 1 is 0.812 bits per heavy atom. The van der Waals surface area contributed by atoms with E-state index in [4.69, 9.17) is 0 Å². The van der Waals surface area contributed by atoms with E-state index in [9.17, 15) is 0 Å². The number of hydrogen-bond acceptors (Lipinski definition) is 2. The lowest BCUT2D eigenvalue weighted by Crippen LogP contribution is -2.64. The molecule has 0 aliphatic carbocycles. The van der Waals surface area contributed by atoms with E-state index in [1.807, 2.05) is 0 Å².